The van der Waals surface area contributed by atoms with Crippen LogP contribution in [0.3, 0.4) is 0 Å². The summed E-state index contributed by atoms with van der Waals surface area (Å²) in [6.07, 6.45) is 0. The highest BCUT2D eigenvalue weighted by Crippen LogP contribution is 1.50. The number of aliphatic carboxylic acids is 1. The van der Waals surface area contributed by atoms with Crippen LogP contribution in [0.15, 0.2) is 0 Å². The molecule has 0 aromatic carbocycles. The van der Waals surface area contributed by atoms with Crippen LogP contribution in [-0.2, 0) is 9.59 Å². The van der Waals surface area contributed by atoms with Crippen LogP contribution in [0.25, 0.3) is 0 Å². The molecule has 0 radical (unpaired) electrons. The zero-order valence-corrected chi connectivity index (χ0v) is 6.97. The van der Waals surface area contributed by atoms with E-state index >= 15 is 0 Å². The molecule has 7 nitrogen and oxygen atoms in total. The first-order valence-electron chi connectivity index (χ1n) is 2.70. The lowest BCUT2D eigenvalue weighted by Gasteiger charge is -1.59. The van der Waals surface area contributed by atoms with Crippen molar-refractivity contribution in [3.8, 4) is 0 Å². The molecule has 0 rings (SSSR count). The van der Waals surface area contributed by atoms with Crippen molar-refractivity contribution in [3.05, 3.63) is 10.1 Å². The molecule has 0 atom stereocenters. The standard InChI is InChI=1S/C3H6O.C2H4O2.HNO3/c1-3(2)4;1-2(3)4;2-1(3)4/h1-2H3;1H3,(H,3,4);(H,2,3,4). The van der Waals surface area contributed by atoms with Crippen molar-refractivity contribution >= 4 is 11.8 Å². The predicted octanol–water partition coefficient (Wildman–Crippen LogP) is 0.338. The van der Waals surface area contributed by atoms with Gasteiger partial charge in [-0.1, -0.05) is 0 Å². The molecule has 0 heterocycles. The van der Waals surface area contributed by atoms with Crippen LogP contribution in [0.5, 0.6) is 0 Å². The zero-order valence-electron chi connectivity index (χ0n) is 6.97. The molecule has 0 spiro atoms. The Hall–Kier alpha value is -1.66. The van der Waals surface area contributed by atoms with E-state index in [0.29, 0.717) is 0 Å². The Morgan fingerprint density at radius 2 is 1.25 bits per heavy atom. The summed E-state index contributed by atoms with van der Waals surface area (Å²) in [5.41, 5.74) is 0. The Bertz CT molecular complexity index is 113. The van der Waals surface area contributed by atoms with Crippen LogP contribution < -0.4 is 0 Å². The highest BCUT2D eigenvalue weighted by molar-refractivity contribution is 5.72. The van der Waals surface area contributed by atoms with Gasteiger partial charge in [0, 0.05) is 6.92 Å². The van der Waals surface area contributed by atoms with Gasteiger partial charge < -0.3 is 15.1 Å². The van der Waals surface area contributed by atoms with E-state index in [4.69, 9.17) is 25.2 Å². The molecule has 0 saturated carbocycles. The smallest absolute Gasteiger partial charge is 0.300 e. The summed E-state index contributed by atoms with van der Waals surface area (Å²) in [4.78, 5) is 26.8. The average molecular weight is 181 g/mol. The van der Waals surface area contributed by atoms with Gasteiger partial charge in [0.1, 0.15) is 5.78 Å². The van der Waals surface area contributed by atoms with Crippen molar-refractivity contribution in [3.63, 3.8) is 0 Å². The molecule has 7 heteroatoms. The SMILES string of the molecule is CC(=O)O.CC(C)=O.O=[N+]([O-])O. The number of hydrogen-bond donors (Lipinski definition) is 2. The summed E-state index contributed by atoms with van der Waals surface area (Å²) in [5, 5.41) is 21.1. The largest absolute Gasteiger partial charge is 0.481 e. The van der Waals surface area contributed by atoms with Gasteiger partial charge in [-0.05, 0) is 13.8 Å². The maximum Gasteiger partial charge on any atom is 0.300 e. The molecule has 0 unspecified atom stereocenters. The van der Waals surface area contributed by atoms with E-state index in [0.717, 1.165) is 6.92 Å². The number of carbonyl (C=O) groups excluding carboxylic acids is 1. The Balaban J connectivity index is -0.000000101. The van der Waals surface area contributed by atoms with Gasteiger partial charge in [-0.15, -0.1) is 10.1 Å². The van der Waals surface area contributed by atoms with Crippen LogP contribution in [0.2, 0.25) is 0 Å². The predicted molar refractivity (Wildman–Crippen MR) is 38.4 cm³/mol. The third-order valence-corrected chi connectivity index (χ3v) is 0. The number of rotatable bonds is 0. The Labute approximate surface area is 68.7 Å². The summed E-state index contributed by atoms with van der Waals surface area (Å²) >= 11 is 0. The van der Waals surface area contributed by atoms with Crippen molar-refractivity contribution in [2.75, 3.05) is 0 Å². The molecule has 0 aromatic rings. The van der Waals surface area contributed by atoms with Gasteiger partial charge in [-0.3, -0.25) is 4.79 Å². The topological polar surface area (TPSA) is 118 Å². The van der Waals surface area contributed by atoms with Gasteiger partial charge in [-0.2, -0.15) is 0 Å². The normalized spacial score (nSPS) is 6.25. The van der Waals surface area contributed by atoms with Gasteiger partial charge in [0.05, 0.1) is 0 Å². The second-order valence-electron chi connectivity index (χ2n) is 1.67. The molecule has 0 aliphatic heterocycles. The number of hydrogen-bond acceptors (Lipinski definition) is 4. The van der Waals surface area contributed by atoms with E-state index in [1.165, 1.54) is 13.8 Å². The molecule has 12 heavy (non-hydrogen) atoms. The number of nitrogens with zero attached hydrogens (tertiary/aromatic N) is 1. The Morgan fingerprint density at radius 1 is 1.25 bits per heavy atom. The second kappa shape index (κ2) is 12.1. The molecular formula is C5H11NO6. The van der Waals surface area contributed by atoms with Crippen molar-refractivity contribution in [2.24, 2.45) is 0 Å². The molecule has 72 valence electrons. The van der Waals surface area contributed by atoms with E-state index in [9.17, 15) is 4.79 Å². The van der Waals surface area contributed by atoms with E-state index in [-0.39, 0.29) is 5.78 Å². The lowest BCUT2D eigenvalue weighted by Crippen LogP contribution is -1.81. The van der Waals surface area contributed by atoms with Gasteiger partial charge in [-0.25, -0.2) is 0 Å². The number of ketones is 1. The minimum atomic E-state index is -1.50. The zero-order chi connectivity index (χ0) is 10.7. The molecule has 0 saturated heterocycles. The van der Waals surface area contributed by atoms with E-state index < -0.39 is 11.1 Å². The van der Waals surface area contributed by atoms with Crippen molar-refractivity contribution in [2.45, 2.75) is 20.8 Å². The molecule has 0 fully saturated rings. The summed E-state index contributed by atoms with van der Waals surface area (Å²) in [6, 6.07) is 0. The van der Waals surface area contributed by atoms with Crippen LogP contribution in [0.1, 0.15) is 20.8 Å². The van der Waals surface area contributed by atoms with E-state index in [2.05, 4.69) is 0 Å². The molecule has 0 bridgehead atoms. The monoisotopic (exact) mass is 181 g/mol. The first-order chi connectivity index (χ1) is 5.20. The van der Waals surface area contributed by atoms with E-state index in [1.807, 2.05) is 0 Å². The quantitative estimate of drug-likeness (QED) is 0.411. The summed E-state index contributed by atoms with van der Waals surface area (Å²) in [7, 11) is 0. The maximum absolute atomic E-state index is 9.44. The minimum absolute atomic E-state index is 0.167. The minimum Gasteiger partial charge on any atom is -0.481 e. The molecule has 0 aromatic heterocycles. The second-order valence-corrected chi connectivity index (χ2v) is 1.67. The summed E-state index contributed by atoms with van der Waals surface area (Å²) < 4.78 is 0. The third kappa shape index (κ3) is 163. The van der Waals surface area contributed by atoms with Crippen molar-refractivity contribution in [1.82, 2.24) is 0 Å². The van der Waals surface area contributed by atoms with Gasteiger partial charge in [0.15, 0.2) is 0 Å². The Kier molecular flexibility index (Phi) is 16.8. The fraction of sp³-hybridized carbons (Fsp3) is 0.600. The Morgan fingerprint density at radius 3 is 1.25 bits per heavy atom. The number of carboxylic acids is 1. The summed E-state index contributed by atoms with van der Waals surface area (Å²) in [6.45, 7) is 4.14. The van der Waals surface area contributed by atoms with Gasteiger partial charge in [0.25, 0.3) is 11.1 Å². The number of carbonyl (C=O) groups is 2. The van der Waals surface area contributed by atoms with Crippen LogP contribution in [0, 0.1) is 10.1 Å². The molecule has 0 aliphatic rings. The third-order valence-electron chi connectivity index (χ3n) is 0. The van der Waals surface area contributed by atoms with E-state index in [1.54, 1.807) is 0 Å². The fourth-order valence-electron chi connectivity index (χ4n) is 0. The number of carboxylic acid groups (broad SMARTS) is 1. The lowest BCUT2D eigenvalue weighted by molar-refractivity contribution is -0.742. The molecule has 2 N–H and O–H groups in total. The lowest BCUT2D eigenvalue weighted by atomic mass is 10.6. The highest BCUT2D eigenvalue weighted by atomic mass is 16.9. The van der Waals surface area contributed by atoms with Crippen molar-refractivity contribution < 1.29 is 25.0 Å². The maximum atomic E-state index is 9.44. The molecule has 0 amide bonds. The van der Waals surface area contributed by atoms with Crippen LogP contribution in [0.4, 0.5) is 0 Å². The molecular weight excluding hydrogens is 170 g/mol. The first-order valence-corrected chi connectivity index (χ1v) is 2.70. The fourth-order valence-corrected chi connectivity index (χ4v) is 0. The first kappa shape index (κ1) is 16.7. The number of Topliss-reactive ketones (excluding diaryl/α,β-unsaturated/α-hetero) is 1. The van der Waals surface area contributed by atoms with Gasteiger partial charge in [0.2, 0.25) is 0 Å². The summed E-state index contributed by atoms with van der Waals surface area (Å²) in [5.74, 6) is -0.667. The van der Waals surface area contributed by atoms with Crippen molar-refractivity contribution in [1.29, 1.82) is 0 Å². The van der Waals surface area contributed by atoms with Gasteiger partial charge >= 0.3 is 0 Å². The van der Waals surface area contributed by atoms with Crippen LogP contribution in [-0.4, -0.2) is 27.2 Å². The molecule has 0 aliphatic carbocycles. The highest BCUT2D eigenvalue weighted by Gasteiger charge is 1.66. The van der Waals surface area contributed by atoms with Crippen LogP contribution >= 0.6 is 0 Å². The average Bonchev–Trinajstić information content (AvgIpc) is 1.54.